The number of pyridine rings is 1. The summed E-state index contributed by atoms with van der Waals surface area (Å²) in [5.74, 6) is -0.185. The van der Waals surface area contributed by atoms with E-state index in [1.807, 2.05) is 25.3 Å². The first-order chi connectivity index (χ1) is 10.3. The molecular formula is C15H19N5O. The van der Waals surface area contributed by atoms with Gasteiger partial charge in [-0.2, -0.15) is 0 Å². The molecule has 0 spiro atoms. The number of amides is 1. The van der Waals surface area contributed by atoms with Gasteiger partial charge in [0, 0.05) is 31.7 Å². The molecule has 0 aliphatic carbocycles. The van der Waals surface area contributed by atoms with Gasteiger partial charge in [0.25, 0.3) is 5.91 Å². The lowest BCUT2D eigenvalue weighted by molar-refractivity contribution is 0.0948. The number of hydrogen-bond acceptors (Lipinski definition) is 5. The first kappa shape index (κ1) is 15.1. The molecule has 6 heteroatoms. The third-order valence-electron chi connectivity index (χ3n) is 2.88. The Morgan fingerprint density at radius 2 is 2.10 bits per heavy atom. The van der Waals surface area contributed by atoms with Gasteiger partial charge < -0.3 is 10.6 Å². The fourth-order valence-corrected chi connectivity index (χ4v) is 1.75. The maximum absolute atomic E-state index is 11.8. The van der Waals surface area contributed by atoms with Crippen LogP contribution in [0.3, 0.4) is 0 Å². The zero-order valence-electron chi connectivity index (χ0n) is 12.0. The normalized spacial score (nSPS) is 10.3. The minimum Gasteiger partial charge on any atom is -0.351 e. The average molecular weight is 285 g/mol. The van der Waals surface area contributed by atoms with Crippen molar-refractivity contribution in [3.05, 3.63) is 53.9 Å². The maximum atomic E-state index is 11.8. The van der Waals surface area contributed by atoms with Crippen molar-refractivity contribution in [3.63, 3.8) is 0 Å². The Morgan fingerprint density at radius 1 is 1.19 bits per heavy atom. The zero-order chi connectivity index (χ0) is 14.9. The van der Waals surface area contributed by atoms with E-state index in [0.717, 1.165) is 30.8 Å². The van der Waals surface area contributed by atoms with Crippen molar-refractivity contribution >= 4 is 5.91 Å². The molecule has 0 aliphatic rings. The average Bonchev–Trinajstić information content (AvgIpc) is 2.52. The highest BCUT2D eigenvalue weighted by Crippen LogP contribution is 1.95. The quantitative estimate of drug-likeness (QED) is 0.744. The Bertz CT molecular complexity index is 556. The van der Waals surface area contributed by atoms with Crippen molar-refractivity contribution in [2.45, 2.75) is 19.9 Å². The number of carbonyl (C=O) groups is 1. The molecule has 2 aromatic heterocycles. The second-order valence-electron chi connectivity index (χ2n) is 4.69. The molecule has 0 fully saturated rings. The number of hydrogen-bond donors (Lipinski definition) is 2. The highest BCUT2D eigenvalue weighted by atomic mass is 16.1. The zero-order valence-corrected chi connectivity index (χ0v) is 12.0. The Morgan fingerprint density at radius 3 is 2.81 bits per heavy atom. The molecule has 1 amide bonds. The molecule has 6 nitrogen and oxygen atoms in total. The number of carbonyl (C=O) groups excluding carboxylic acids is 1. The molecule has 2 aromatic rings. The Labute approximate surface area is 124 Å². The van der Waals surface area contributed by atoms with Crippen molar-refractivity contribution in [2.24, 2.45) is 0 Å². The van der Waals surface area contributed by atoms with Gasteiger partial charge in [0.05, 0.1) is 11.9 Å². The SMILES string of the molecule is Cc1cnc(C(=O)NCCCNCc2cccnc2)cn1. The summed E-state index contributed by atoms with van der Waals surface area (Å²) in [5, 5.41) is 6.13. The van der Waals surface area contributed by atoms with Gasteiger partial charge in [-0.15, -0.1) is 0 Å². The highest BCUT2D eigenvalue weighted by molar-refractivity contribution is 5.91. The van der Waals surface area contributed by atoms with E-state index >= 15 is 0 Å². The summed E-state index contributed by atoms with van der Waals surface area (Å²) in [5.41, 5.74) is 2.30. The van der Waals surface area contributed by atoms with Gasteiger partial charge in [0.2, 0.25) is 0 Å². The summed E-state index contributed by atoms with van der Waals surface area (Å²) in [7, 11) is 0. The minimum absolute atomic E-state index is 0.185. The summed E-state index contributed by atoms with van der Waals surface area (Å²) in [6, 6.07) is 3.94. The third kappa shape index (κ3) is 5.27. The topological polar surface area (TPSA) is 79.8 Å². The van der Waals surface area contributed by atoms with Gasteiger partial charge in [-0.3, -0.25) is 14.8 Å². The van der Waals surface area contributed by atoms with Gasteiger partial charge in [-0.25, -0.2) is 4.98 Å². The molecular weight excluding hydrogens is 266 g/mol. The van der Waals surface area contributed by atoms with Crippen LogP contribution in [0.5, 0.6) is 0 Å². The van der Waals surface area contributed by atoms with Crippen LogP contribution >= 0.6 is 0 Å². The van der Waals surface area contributed by atoms with Gasteiger partial charge in [-0.05, 0) is 31.5 Å². The predicted molar refractivity (Wildman–Crippen MR) is 79.7 cm³/mol. The Balaban J connectivity index is 1.59. The summed E-state index contributed by atoms with van der Waals surface area (Å²) >= 11 is 0. The molecule has 0 aliphatic heterocycles. The van der Waals surface area contributed by atoms with E-state index in [-0.39, 0.29) is 5.91 Å². The van der Waals surface area contributed by atoms with E-state index in [2.05, 4.69) is 25.6 Å². The van der Waals surface area contributed by atoms with E-state index in [1.54, 1.807) is 12.4 Å². The Hall–Kier alpha value is -2.34. The number of aromatic nitrogens is 3. The summed E-state index contributed by atoms with van der Waals surface area (Å²) in [6.07, 6.45) is 7.53. The monoisotopic (exact) mass is 285 g/mol. The van der Waals surface area contributed by atoms with Crippen molar-refractivity contribution in [2.75, 3.05) is 13.1 Å². The smallest absolute Gasteiger partial charge is 0.271 e. The van der Waals surface area contributed by atoms with Gasteiger partial charge >= 0.3 is 0 Å². The van der Waals surface area contributed by atoms with E-state index in [1.165, 1.54) is 6.20 Å². The van der Waals surface area contributed by atoms with Crippen LogP contribution < -0.4 is 10.6 Å². The Kier molecular flexibility index (Phi) is 5.78. The lowest BCUT2D eigenvalue weighted by Crippen LogP contribution is -2.28. The maximum Gasteiger partial charge on any atom is 0.271 e. The number of rotatable bonds is 7. The minimum atomic E-state index is -0.185. The van der Waals surface area contributed by atoms with Crippen molar-refractivity contribution < 1.29 is 4.79 Å². The molecule has 2 N–H and O–H groups in total. The molecule has 110 valence electrons. The van der Waals surface area contributed by atoms with Crippen molar-refractivity contribution in [3.8, 4) is 0 Å². The van der Waals surface area contributed by atoms with Gasteiger partial charge in [-0.1, -0.05) is 6.07 Å². The van der Waals surface area contributed by atoms with E-state index in [9.17, 15) is 4.79 Å². The largest absolute Gasteiger partial charge is 0.351 e. The molecule has 21 heavy (non-hydrogen) atoms. The van der Waals surface area contributed by atoms with Crippen LogP contribution in [0.25, 0.3) is 0 Å². The lowest BCUT2D eigenvalue weighted by Gasteiger charge is -2.06. The van der Waals surface area contributed by atoms with Crippen LogP contribution in [0.1, 0.15) is 28.2 Å². The van der Waals surface area contributed by atoms with E-state index in [0.29, 0.717) is 12.2 Å². The highest BCUT2D eigenvalue weighted by Gasteiger charge is 2.05. The third-order valence-corrected chi connectivity index (χ3v) is 2.88. The molecule has 0 aromatic carbocycles. The van der Waals surface area contributed by atoms with Crippen LogP contribution in [0, 0.1) is 6.92 Å². The molecule has 0 radical (unpaired) electrons. The van der Waals surface area contributed by atoms with Crippen LogP contribution in [0.2, 0.25) is 0 Å². The van der Waals surface area contributed by atoms with E-state index < -0.39 is 0 Å². The van der Waals surface area contributed by atoms with Crippen LogP contribution in [-0.4, -0.2) is 33.9 Å². The second kappa shape index (κ2) is 8.06. The molecule has 2 rings (SSSR count). The summed E-state index contributed by atoms with van der Waals surface area (Å²) < 4.78 is 0. The molecule has 0 unspecified atom stereocenters. The van der Waals surface area contributed by atoms with Crippen LogP contribution in [-0.2, 0) is 6.54 Å². The number of nitrogens with one attached hydrogen (secondary N) is 2. The molecule has 0 bridgehead atoms. The van der Waals surface area contributed by atoms with E-state index in [4.69, 9.17) is 0 Å². The molecule has 0 atom stereocenters. The predicted octanol–water partition coefficient (Wildman–Crippen LogP) is 1.09. The fourth-order valence-electron chi connectivity index (χ4n) is 1.75. The number of nitrogens with zero attached hydrogens (tertiary/aromatic N) is 3. The standard InChI is InChI=1S/C15H19N5O/c1-12-8-20-14(11-19-12)15(21)18-7-3-6-17-10-13-4-2-5-16-9-13/h2,4-5,8-9,11,17H,3,6-7,10H2,1H3,(H,18,21). The second-order valence-corrected chi connectivity index (χ2v) is 4.69. The van der Waals surface area contributed by atoms with Crippen molar-refractivity contribution in [1.82, 2.24) is 25.6 Å². The fraction of sp³-hybridized carbons (Fsp3) is 0.333. The molecule has 0 saturated carbocycles. The number of aryl methyl sites for hydroxylation is 1. The van der Waals surface area contributed by atoms with Gasteiger partial charge in [0.15, 0.2) is 0 Å². The molecule has 0 saturated heterocycles. The first-order valence-electron chi connectivity index (χ1n) is 6.92. The van der Waals surface area contributed by atoms with Crippen LogP contribution in [0.15, 0.2) is 36.9 Å². The van der Waals surface area contributed by atoms with Crippen molar-refractivity contribution in [1.29, 1.82) is 0 Å². The summed E-state index contributed by atoms with van der Waals surface area (Å²) in [4.78, 5) is 23.9. The lowest BCUT2D eigenvalue weighted by atomic mass is 10.3. The summed E-state index contributed by atoms with van der Waals surface area (Å²) in [6.45, 7) is 4.05. The molecule has 2 heterocycles. The first-order valence-corrected chi connectivity index (χ1v) is 6.92. The van der Waals surface area contributed by atoms with Gasteiger partial charge in [0.1, 0.15) is 5.69 Å². The van der Waals surface area contributed by atoms with Crippen LogP contribution in [0.4, 0.5) is 0 Å².